The maximum atomic E-state index is 12.6. The standard InChI is InChI=1S/C15H8Br2OS/c16-13-6-5-12(10-3-1-2-4-11(10)13)15(18)9-7-14(17)19-8-9/h1-8H. The molecule has 0 aliphatic heterocycles. The number of halogens is 2. The molecule has 0 radical (unpaired) electrons. The van der Waals surface area contributed by atoms with E-state index in [2.05, 4.69) is 31.9 Å². The van der Waals surface area contributed by atoms with E-state index in [0.717, 1.165) is 30.2 Å². The van der Waals surface area contributed by atoms with E-state index < -0.39 is 0 Å². The molecule has 0 aliphatic carbocycles. The van der Waals surface area contributed by atoms with Crippen molar-refractivity contribution in [2.45, 2.75) is 0 Å². The summed E-state index contributed by atoms with van der Waals surface area (Å²) in [7, 11) is 0. The quantitative estimate of drug-likeness (QED) is 0.512. The Hall–Kier alpha value is -0.970. The lowest BCUT2D eigenvalue weighted by atomic mass is 9.99. The SMILES string of the molecule is O=C(c1csc(Br)c1)c1ccc(Br)c2ccccc12. The second-order valence-corrected chi connectivity index (χ2v) is 7.25. The van der Waals surface area contributed by atoms with Crippen molar-refractivity contribution in [2.75, 3.05) is 0 Å². The molecule has 0 saturated heterocycles. The molecule has 0 saturated carbocycles. The zero-order valence-electron chi connectivity index (χ0n) is 9.69. The van der Waals surface area contributed by atoms with Gasteiger partial charge in [0.15, 0.2) is 5.78 Å². The van der Waals surface area contributed by atoms with Gasteiger partial charge < -0.3 is 0 Å². The third kappa shape index (κ3) is 2.40. The minimum atomic E-state index is 0.0608. The van der Waals surface area contributed by atoms with Crippen LogP contribution in [0.4, 0.5) is 0 Å². The first-order valence-corrected chi connectivity index (χ1v) is 8.09. The van der Waals surface area contributed by atoms with Crippen LogP contribution in [-0.2, 0) is 0 Å². The average molecular weight is 396 g/mol. The van der Waals surface area contributed by atoms with Crippen molar-refractivity contribution in [3.05, 3.63) is 67.2 Å². The fourth-order valence-corrected chi connectivity index (χ4v) is 3.66. The molecular weight excluding hydrogens is 388 g/mol. The monoisotopic (exact) mass is 394 g/mol. The molecule has 0 spiro atoms. The number of carbonyl (C=O) groups excluding carboxylic acids is 1. The zero-order valence-corrected chi connectivity index (χ0v) is 13.7. The Morgan fingerprint density at radius 1 is 1.00 bits per heavy atom. The van der Waals surface area contributed by atoms with Gasteiger partial charge in [-0.15, -0.1) is 11.3 Å². The van der Waals surface area contributed by atoms with Gasteiger partial charge in [0.2, 0.25) is 0 Å². The molecular formula is C15H8Br2OS. The van der Waals surface area contributed by atoms with Gasteiger partial charge in [-0.25, -0.2) is 0 Å². The molecule has 2 aromatic carbocycles. The van der Waals surface area contributed by atoms with Crippen LogP contribution in [0.15, 0.2) is 56.1 Å². The molecule has 0 bridgehead atoms. The molecule has 1 aromatic heterocycles. The van der Waals surface area contributed by atoms with Crippen LogP contribution in [0.2, 0.25) is 0 Å². The van der Waals surface area contributed by atoms with Gasteiger partial charge in [0.1, 0.15) is 0 Å². The summed E-state index contributed by atoms with van der Waals surface area (Å²) in [6.45, 7) is 0. The van der Waals surface area contributed by atoms with Gasteiger partial charge >= 0.3 is 0 Å². The van der Waals surface area contributed by atoms with E-state index in [-0.39, 0.29) is 5.78 Å². The summed E-state index contributed by atoms with van der Waals surface area (Å²) in [5.41, 5.74) is 1.47. The Labute approximate surface area is 131 Å². The van der Waals surface area contributed by atoms with Crippen molar-refractivity contribution >= 4 is 59.8 Å². The molecule has 0 aliphatic rings. The Morgan fingerprint density at radius 3 is 2.42 bits per heavy atom. The van der Waals surface area contributed by atoms with E-state index in [9.17, 15) is 4.79 Å². The van der Waals surface area contributed by atoms with Crippen molar-refractivity contribution in [1.82, 2.24) is 0 Å². The highest BCUT2D eigenvalue weighted by Crippen LogP contribution is 2.30. The summed E-state index contributed by atoms with van der Waals surface area (Å²) >= 11 is 8.44. The molecule has 3 aromatic rings. The topological polar surface area (TPSA) is 17.1 Å². The van der Waals surface area contributed by atoms with Crippen molar-refractivity contribution in [3.8, 4) is 0 Å². The average Bonchev–Trinajstić information content (AvgIpc) is 2.86. The third-order valence-corrected chi connectivity index (χ3v) is 5.14. The van der Waals surface area contributed by atoms with E-state index in [1.54, 1.807) is 0 Å². The number of carbonyl (C=O) groups is 1. The number of rotatable bonds is 2. The summed E-state index contributed by atoms with van der Waals surface area (Å²) in [6.07, 6.45) is 0. The molecule has 0 amide bonds. The van der Waals surface area contributed by atoms with E-state index in [0.29, 0.717) is 0 Å². The second kappa shape index (κ2) is 5.19. The van der Waals surface area contributed by atoms with E-state index in [4.69, 9.17) is 0 Å². The number of hydrogen-bond acceptors (Lipinski definition) is 2. The smallest absolute Gasteiger partial charge is 0.194 e. The number of hydrogen-bond donors (Lipinski definition) is 0. The Bertz CT molecular complexity index is 777. The summed E-state index contributed by atoms with van der Waals surface area (Å²) in [4.78, 5) is 12.6. The molecule has 94 valence electrons. The molecule has 0 unspecified atom stereocenters. The van der Waals surface area contributed by atoms with Gasteiger partial charge in [0, 0.05) is 21.0 Å². The third-order valence-electron chi connectivity index (χ3n) is 2.95. The van der Waals surface area contributed by atoms with Crippen LogP contribution in [0.1, 0.15) is 15.9 Å². The minimum Gasteiger partial charge on any atom is -0.289 e. The van der Waals surface area contributed by atoms with Gasteiger partial charge in [0.25, 0.3) is 0 Å². The van der Waals surface area contributed by atoms with Gasteiger partial charge in [-0.2, -0.15) is 0 Å². The van der Waals surface area contributed by atoms with Gasteiger partial charge in [-0.05, 0) is 44.9 Å². The first-order valence-electron chi connectivity index (χ1n) is 5.63. The Kier molecular flexibility index (Phi) is 3.56. The lowest BCUT2D eigenvalue weighted by Crippen LogP contribution is -2.00. The predicted molar refractivity (Wildman–Crippen MR) is 87.1 cm³/mol. The molecule has 1 heterocycles. The normalized spacial score (nSPS) is 10.8. The second-order valence-electron chi connectivity index (χ2n) is 4.11. The zero-order chi connectivity index (χ0) is 13.4. The number of benzene rings is 2. The van der Waals surface area contributed by atoms with E-state index >= 15 is 0 Å². The summed E-state index contributed by atoms with van der Waals surface area (Å²) in [5.74, 6) is 0.0608. The maximum Gasteiger partial charge on any atom is 0.194 e. The highest BCUT2D eigenvalue weighted by molar-refractivity contribution is 9.11. The number of ketones is 1. The van der Waals surface area contributed by atoms with Crippen LogP contribution in [0.5, 0.6) is 0 Å². The molecule has 0 atom stereocenters. The summed E-state index contributed by atoms with van der Waals surface area (Å²) < 4.78 is 1.98. The van der Waals surface area contributed by atoms with E-state index in [1.807, 2.05) is 47.8 Å². The predicted octanol–water partition coefficient (Wildman–Crippen LogP) is 5.66. The Morgan fingerprint density at radius 2 is 1.74 bits per heavy atom. The van der Waals surface area contributed by atoms with Crippen molar-refractivity contribution < 1.29 is 4.79 Å². The Balaban J connectivity index is 2.21. The van der Waals surface area contributed by atoms with Crippen LogP contribution in [0, 0.1) is 0 Å². The molecule has 3 rings (SSSR count). The lowest BCUT2D eigenvalue weighted by Gasteiger charge is -2.06. The van der Waals surface area contributed by atoms with Crippen molar-refractivity contribution in [2.24, 2.45) is 0 Å². The molecule has 0 N–H and O–H groups in total. The summed E-state index contributed by atoms with van der Waals surface area (Å²) in [6, 6.07) is 13.6. The first-order chi connectivity index (χ1) is 9.16. The van der Waals surface area contributed by atoms with Crippen LogP contribution in [-0.4, -0.2) is 5.78 Å². The van der Waals surface area contributed by atoms with E-state index in [1.165, 1.54) is 11.3 Å². The highest BCUT2D eigenvalue weighted by Gasteiger charge is 2.14. The molecule has 4 heteroatoms. The fourth-order valence-electron chi connectivity index (χ4n) is 2.04. The maximum absolute atomic E-state index is 12.6. The fraction of sp³-hybridized carbons (Fsp3) is 0. The lowest BCUT2D eigenvalue weighted by molar-refractivity contribution is 0.104. The van der Waals surface area contributed by atoms with Crippen LogP contribution in [0.25, 0.3) is 10.8 Å². The summed E-state index contributed by atoms with van der Waals surface area (Å²) in [5, 5.41) is 3.91. The largest absolute Gasteiger partial charge is 0.289 e. The van der Waals surface area contributed by atoms with Crippen molar-refractivity contribution in [1.29, 1.82) is 0 Å². The van der Waals surface area contributed by atoms with Gasteiger partial charge in [0.05, 0.1) is 3.79 Å². The van der Waals surface area contributed by atoms with Gasteiger partial charge in [-0.1, -0.05) is 40.2 Å². The number of thiophene rings is 1. The first kappa shape index (κ1) is 13.0. The number of fused-ring (bicyclic) bond motifs is 1. The van der Waals surface area contributed by atoms with Gasteiger partial charge in [-0.3, -0.25) is 4.79 Å². The van der Waals surface area contributed by atoms with Crippen LogP contribution >= 0.6 is 43.2 Å². The highest BCUT2D eigenvalue weighted by atomic mass is 79.9. The minimum absolute atomic E-state index is 0.0608. The molecule has 1 nitrogen and oxygen atoms in total. The van der Waals surface area contributed by atoms with Crippen LogP contribution in [0.3, 0.4) is 0 Å². The van der Waals surface area contributed by atoms with Crippen LogP contribution < -0.4 is 0 Å². The van der Waals surface area contributed by atoms with Crippen molar-refractivity contribution in [3.63, 3.8) is 0 Å². The molecule has 0 fully saturated rings. The molecule has 19 heavy (non-hydrogen) atoms.